The first-order valence-corrected chi connectivity index (χ1v) is 5.98. The van der Waals surface area contributed by atoms with Crippen molar-refractivity contribution in [2.45, 2.75) is 0 Å². The fraction of sp³-hybridized carbons (Fsp3) is 0. The number of rotatable bonds is 0. The third-order valence-corrected chi connectivity index (χ3v) is 3.78. The van der Waals surface area contributed by atoms with Crippen LogP contribution in [-0.2, 0) is 0 Å². The third-order valence-electron chi connectivity index (χ3n) is 2.49. The molecule has 0 atom stereocenters. The molecule has 0 saturated heterocycles. The Morgan fingerprint density at radius 1 is 0.800 bits per heavy atom. The van der Waals surface area contributed by atoms with Crippen LogP contribution in [0.25, 0.3) is 20.9 Å². The molecule has 2 heteroatoms. The lowest BCUT2D eigenvalue weighted by molar-refractivity contribution is 1.80. The number of benzene rings is 2. The average Bonchev–Trinajstić information content (AvgIpc) is 2.26. The van der Waals surface area contributed by atoms with Crippen LogP contribution in [0.2, 0.25) is 0 Å². The molecule has 0 amide bonds. The normalized spacial score (nSPS) is 10.9. The minimum atomic E-state index is 0.942. The van der Waals surface area contributed by atoms with E-state index >= 15 is 0 Å². The molecular weight excluding hydrogens is 220 g/mol. The summed E-state index contributed by atoms with van der Waals surface area (Å²) in [4.78, 5) is 0. The Balaban J connectivity index is 2.53. The minimum Gasteiger partial charge on any atom is -0.124 e. The first kappa shape index (κ1) is 9.01. The Morgan fingerprint density at radius 2 is 1.53 bits per heavy atom. The molecule has 3 rings (SSSR count). The molecule has 0 fully saturated rings. The Morgan fingerprint density at radius 3 is 2.33 bits per heavy atom. The zero-order chi connectivity index (χ0) is 10.3. The van der Waals surface area contributed by atoms with Gasteiger partial charge in [-0.15, -0.1) is 11.3 Å². The Kier molecular flexibility index (Phi) is 2.04. The molecule has 0 unspecified atom stereocenters. The van der Waals surface area contributed by atoms with Gasteiger partial charge in [0.05, 0.1) is 3.82 Å². The van der Waals surface area contributed by atoms with Gasteiger partial charge in [-0.25, -0.2) is 0 Å². The second-order valence-electron chi connectivity index (χ2n) is 3.49. The van der Waals surface area contributed by atoms with Gasteiger partial charge in [0.1, 0.15) is 0 Å². The molecule has 0 N–H and O–H groups in total. The van der Waals surface area contributed by atoms with Gasteiger partial charge in [0, 0.05) is 4.70 Å². The zero-order valence-corrected chi connectivity index (χ0v) is 9.57. The lowest BCUT2D eigenvalue weighted by Crippen LogP contribution is -1.73. The van der Waals surface area contributed by atoms with Gasteiger partial charge in [0.2, 0.25) is 0 Å². The summed E-state index contributed by atoms with van der Waals surface area (Å²) in [6, 6.07) is 16.9. The molecular formula is C13H8S2. The molecule has 1 heterocycles. The second-order valence-corrected chi connectivity index (χ2v) is 5.27. The van der Waals surface area contributed by atoms with Crippen molar-refractivity contribution in [1.82, 2.24) is 0 Å². The van der Waals surface area contributed by atoms with Crippen LogP contribution in [0.3, 0.4) is 0 Å². The van der Waals surface area contributed by atoms with Crippen LogP contribution in [0, 0.1) is 3.82 Å². The predicted octanol–water partition coefficient (Wildman–Crippen LogP) is 4.78. The van der Waals surface area contributed by atoms with Gasteiger partial charge in [-0.3, -0.25) is 0 Å². The van der Waals surface area contributed by atoms with Crippen molar-refractivity contribution in [3.63, 3.8) is 0 Å². The second kappa shape index (κ2) is 3.40. The van der Waals surface area contributed by atoms with E-state index in [1.54, 1.807) is 11.3 Å². The monoisotopic (exact) mass is 228 g/mol. The van der Waals surface area contributed by atoms with E-state index in [2.05, 4.69) is 42.5 Å². The highest BCUT2D eigenvalue weighted by Gasteiger charge is 1.97. The molecule has 0 nitrogen and oxygen atoms in total. The van der Waals surface area contributed by atoms with Crippen molar-refractivity contribution >= 4 is 44.4 Å². The molecule has 3 aromatic rings. The quantitative estimate of drug-likeness (QED) is 0.394. The molecule has 0 aliphatic rings. The van der Waals surface area contributed by atoms with Crippen LogP contribution in [0.4, 0.5) is 0 Å². The summed E-state index contributed by atoms with van der Waals surface area (Å²) in [6.07, 6.45) is 0. The average molecular weight is 228 g/mol. The summed E-state index contributed by atoms with van der Waals surface area (Å²) in [6.45, 7) is 0. The molecule has 72 valence electrons. The number of hydrogen-bond acceptors (Lipinski definition) is 2. The largest absolute Gasteiger partial charge is 0.124 e. The Labute approximate surface area is 96.8 Å². The lowest BCUT2D eigenvalue weighted by Gasteiger charge is -2.00. The van der Waals surface area contributed by atoms with E-state index in [0.717, 1.165) is 3.82 Å². The van der Waals surface area contributed by atoms with Gasteiger partial charge in [0.25, 0.3) is 0 Å². The maximum atomic E-state index is 5.18. The van der Waals surface area contributed by atoms with Gasteiger partial charge >= 0.3 is 0 Å². The van der Waals surface area contributed by atoms with E-state index < -0.39 is 0 Å². The summed E-state index contributed by atoms with van der Waals surface area (Å²) in [5.41, 5.74) is 0. The van der Waals surface area contributed by atoms with E-state index in [1.165, 1.54) is 20.9 Å². The molecule has 0 spiro atoms. The van der Waals surface area contributed by atoms with Gasteiger partial charge in [-0.1, -0.05) is 42.5 Å². The van der Waals surface area contributed by atoms with Crippen molar-refractivity contribution in [3.8, 4) is 0 Å². The first-order valence-electron chi connectivity index (χ1n) is 4.76. The number of fused-ring (bicyclic) bond motifs is 2. The van der Waals surface area contributed by atoms with E-state index in [0.29, 0.717) is 0 Å². The van der Waals surface area contributed by atoms with Crippen molar-refractivity contribution in [3.05, 3.63) is 52.4 Å². The van der Waals surface area contributed by atoms with Crippen molar-refractivity contribution in [2.75, 3.05) is 0 Å². The summed E-state index contributed by atoms with van der Waals surface area (Å²) >= 11 is 6.85. The van der Waals surface area contributed by atoms with Crippen LogP contribution in [0.15, 0.2) is 48.5 Å². The molecule has 0 bridgehead atoms. The SMILES string of the molecule is S=c1ccc2cc3ccccc3cc2s1. The predicted molar refractivity (Wildman–Crippen MR) is 70.2 cm³/mol. The van der Waals surface area contributed by atoms with E-state index in [-0.39, 0.29) is 0 Å². The minimum absolute atomic E-state index is 0.942. The maximum Gasteiger partial charge on any atom is 0.0905 e. The van der Waals surface area contributed by atoms with Gasteiger partial charge in [-0.05, 0) is 34.4 Å². The van der Waals surface area contributed by atoms with E-state index in [4.69, 9.17) is 12.2 Å². The molecule has 0 radical (unpaired) electrons. The van der Waals surface area contributed by atoms with Gasteiger partial charge in [-0.2, -0.15) is 0 Å². The fourth-order valence-corrected chi connectivity index (χ4v) is 2.88. The molecule has 1 aromatic heterocycles. The molecule has 15 heavy (non-hydrogen) atoms. The van der Waals surface area contributed by atoms with Crippen molar-refractivity contribution in [1.29, 1.82) is 0 Å². The number of hydrogen-bond donors (Lipinski definition) is 0. The molecule has 2 aromatic carbocycles. The summed E-state index contributed by atoms with van der Waals surface area (Å²) in [5.74, 6) is 0. The van der Waals surface area contributed by atoms with Gasteiger partial charge < -0.3 is 0 Å². The fourth-order valence-electron chi connectivity index (χ4n) is 1.76. The Hall–Kier alpha value is -1.25. The van der Waals surface area contributed by atoms with Crippen LogP contribution in [0.1, 0.15) is 0 Å². The highest BCUT2D eigenvalue weighted by Crippen LogP contribution is 2.25. The standard InChI is InChI=1S/C13H8S2/c14-13-6-5-11-7-9-3-1-2-4-10(9)8-12(11)15-13/h1-8H. The maximum absolute atomic E-state index is 5.18. The molecule has 0 aliphatic carbocycles. The van der Waals surface area contributed by atoms with Crippen molar-refractivity contribution in [2.24, 2.45) is 0 Å². The molecule has 0 aliphatic heterocycles. The third kappa shape index (κ3) is 1.56. The van der Waals surface area contributed by atoms with E-state index in [9.17, 15) is 0 Å². The lowest BCUT2D eigenvalue weighted by atomic mass is 10.1. The first-order chi connectivity index (χ1) is 7.33. The smallest absolute Gasteiger partial charge is 0.0905 e. The highest BCUT2D eigenvalue weighted by molar-refractivity contribution is 7.73. The summed E-state index contributed by atoms with van der Waals surface area (Å²) in [7, 11) is 0. The topological polar surface area (TPSA) is 0 Å². The summed E-state index contributed by atoms with van der Waals surface area (Å²) in [5, 5.41) is 3.84. The van der Waals surface area contributed by atoms with E-state index in [1.807, 2.05) is 6.07 Å². The Bertz CT molecular complexity index is 695. The zero-order valence-electron chi connectivity index (χ0n) is 7.94. The summed E-state index contributed by atoms with van der Waals surface area (Å²) < 4.78 is 2.21. The van der Waals surface area contributed by atoms with Gasteiger partial charge in [0.15, 0.2) is 0 Å². The molecule has 0 saturated carbocycles. The van der Waals surface area contributed by atoms with Crippen LogP contribution in [-0.4, -0.2) is 0 Å². The highest BCUT2D eigenvalue weighted by atomic mass is 32.1. The van der Waals surface area contributed by atoms with Crippen LogP contribution >= 0.6 is 23.6 Å². The van der Waals surface area contributed by atoms with Crippen LogP contribution < -0.4 is 0 Å². The van der Waals surface area contributed by atoms with Crippen molar-refractivity contribution < 1.29 is 0 Å². The van der Waals surface area contributed by atoms with Crippen LogP contribution in [0.5, 0.6) is 0 Å².